The summed E-state index contributed by atoms with van der Waals surface area (Å²) in [4.78, 5) is 4.66. The summed E-state index contributed by atoms with van der Waals surface area (Å²) in [5.74, 6) is 1.52. The molecule has 1 aliphatic rings. The van der Waals surface area contributed by atoms with E-state index in [1.807, 2.05) is 22.7 Å². The van der Waals surface area contributed by atoms with Gasteiger partial charge in [0.05, 0.1) is 5.69 Å². The number of benzene rings is 1. The Morgan fingerprint density at radius 2 is 1.71 bits per heavy atom. The zero-order valence-electron chi connectivity index (χ0n) is 16.8. The van der Waals surface area contributed by atoms with Gasteiger partial charge >= 0.3 is 5.84 Å². The molecule has 0 unspecified atom stereocenters. The molecule has 6 rings (SSSR count). The lowest BCUT2D eigenvalue weighted by Gasteiger charge is -2.24. The van der Waals surface area contributed by atoms with Crippen LogP contribution in [0, 0.1) is 5.82 Å². The molecule has 0 radical (unpaired) electrons. The van der Waals surface area contributed by atoms with Crippen LogP contribution < -0.4 is 5.73 Å². The van der Waals surface area contributed by atoms with Crippen LogP contribution in [0.5, 0.6) is 0 Å². The molecule has 0 aliphatic heterocycles. The minimum atomic E-state index is -0.282. The summed E-state index contributed by atoms with van der Waals surface area (Å²) in [5.41, 5.74) is 10.3. The highest BCUT2D eigenvalue weighted by atomic mass is 19.1. The molecule has 4 aromatic heterocycles. The Bertz CT molecular complexity index is 1370. The maximum atomic E-state index is 13.5. The van der Waals surface area contributed by atoms with Gasteiger partial charge in [-0.15, -0.1) is 10.2 Å². The molecule has 0 amide bonds. The van der Waals surface area contributed by atoms with Crippen LogP contribution in [0.2, 0.25) is 0 Å². The zero-order chi connectivity index (χ0) is 20.9. The van der Waals surface area contributed by atoms with E-state index in [9.17, 15) is 4.39 Å². The lowest BCUT2D eigenvalue weighted by molar-refractivity contribution is 0.383. The third-order valence-corrected chi connectivity index (χ3v) is 6.22. The molecule has 156 valence electrons. The molecule has 1 aromatic carbocycles. The molecule has 0 atom stereocenters. The Morgan fingerprint density at radius 3 is 2.52 bits per heavy atom. The average Bonchev–Trinajstić information content (AvgIpc) is 3.49. The van der Waals surface area contributed by atoms with Crippen LogP contribution in [0.3, 0.4) is 0 Å². The van der Waals surface area contributed by atoms with Crippen molar-refractivity contribution in [2.45, 2.75) is 37.6 Å². The standard InChI is InChI=1S/C23H21FN6O/c24-17-6-1-14(2-7-17)20-21(29-11-12-31-23(29)26-20)16-5-10-19-27-28-22(30(19)13-16)15-3-8-18(25)9-4-15/h1-2,5-7,10-13,15,18H,3-4,8-9,25H2. The fourth-order valence-corrected chi connectivity index (χ4v) is 4.57. The number of nitrogens with two attached hydrogens (primary N) is 1. The number of hydrogen-bond acceptors (Lipinski definition) is 5. The van der Waals surface area contributed by atoms with E-state index >= 15 is 0 Å². The van der Waals surface area contributed by atoms with E-state index in [1.54, 1.807) is 18.4 Å². The fourth-order valence-electron chi connectivity index (χ4n) is 4.57. The van der Waals surface area contributed by atoms with Crippen LogP contribution in [-0.4, -0.2) is 30.0 Å². The number of oxazole rings is 1. The van der Waals surface area contributed by atoms with Crippen molar-refractivity contribution in [1.29, 1.82) is 0 Å². The van der Waals surface area contributed by atoms with Gasteiger partial charge < -0.3 is 10.2 Å². The Kier molecular flexibility index (Phi) is 4.14. The summed E-state index contributed by atoms with van der Waals surface area (Å²) >= 11 is 0. The minimum Gasteiger partial charge on any atom is -0.432 e. The fraction of sp³-hybridized carbons (Fsp3) is 0.261. The maximum absolute atomic E-state index is 13.5. The molecule has 0 spiro atoms. The maximum Gasteiger partial charge on any atom is 0.306 e. The molecule has 7 nitrogen and oxygen atoms in total. The largest absolute Gasteiger partial charge is 0.432 e. The predicted octanol–water partition coefficient (Wildman–Crippen LogP) is 4.43. The quantitative estimate of drug-likeness (QED) is 0.470. The van der Waals surface area contributed by atoms with E-state index in [1.165, 1.54) is 12.1 Å². The molecular formula is C23H21FN6O. The minimum absolute atomic E-state index is 0.282. The Labute approximate surface area is 177 Å². The summed E-state index contributed by atoms with van der Waals surface area (Å²) in [6, 6.07) is 10.6. The predicted molar refractivity (Wildman–Crippen MR) is 114 cm³/mol. The van der Waals surface area contributed by atoms with Crippen molar-refractivity contribution in [2.24, 2.45) is 5.73 Å². The van der Waals surface area contributed by atoms with Crippen molar-refractivity contribution in [3.63, 3.8) is 0 Å². The lowest BCUT2D eigenvalue weighted by Crippen LogP contribution is -2.26. The molecule has 0 bridgehead atoms. The number of hydrogen-bond donors (Lipinski definition) is 1. The highest BCUT2D eigenvalue weighted by molar-refractivity contribution is 5.81. The molecule has 1 fully saturated rings. The normalized spacial score (nSPS) is 19.4. The first-order valence-corrected chi connectivity index (χ1v) is 10.5. The van der Waals surface area contributed by atoms with Crippen LogP contribution in [0.1, 0.15) is 37.4 Å². The molecule has 1 aliphatic carbocycles. The molecule has 8 heteroatoms. The summed E-state index contributed by atoms with van der Waals surface area (Å²) < 4.78 is 23.0. The van der Waals surface area contributed by atoms with Gasteiger partial charge in [-0.05, 0) is 62.1 Å². The second-order valence-corrected chi connectivity index (χ2v) is 8.19. The smallest absolute Gasteiger partial charge is 0.306 e. The van der Waals surface area contributed by atoms with Crippen LogP contribution in [0.25, 0.3) is 34.0 Å². The number of rotatable bonds is 3. The molecule has 4 heterocycles. The van der Waals surface area contributed by atoms with Crippen molar-refractivity contribution < 1.29 is 8.81 Å². The van der Waals surface area contributed by atoms with E-state index in [0.29, 0.717) is 11.8 Å². The number of halogens is 1. The second kappa shape index (κ2) is 7.02. The van der Waals surface area contributed by atoms with E-state index < -0.39 is 0 Å². The van der Waals surface area contributed by atoms with Gasteiger partial charge in [0, 0.05) is 35.5 Å². The van der Waals surface area contributed by atoms with Gasteiger partial charge in [0.15, 0.2) is 5.65 Å². The van der Waals surface area contributed by atoms with Crippen LogP contribution in [-0.2, 0) is 0 Å². The summed E-state index contributed by atoms with van der Waals surface area (Å²) in [6.07, 6.45) is 9.55. The molecular weight excluding hydrogens is 395 g/mol. The summed E-state index contributed by atoms with van der Waals surface area (Å²) in [7, 11) is 0. The van der Waals surface area contributed by atoms with E-state index in [0.717, 1.165) is 59.7 Å². The van der Waals surface area contributed by atoms with E-state index in [2.05, 4.69) is 25.8 Å². The van der Waals surface area contributed by atoms with Crippen molar-refractivity contribution in [3.05, 3.63) is 66.7 Å². The molecule has 5 aromatic rings. The zero-order valence-corrected chi connectivity index (χ0v) is 16.8. The number of pyridine rings is 1. The van der Waals surface area contributed by atoms with Crippen LogP contribution in [0.4, 0.5) is 4.39 Å². The Hall–Kier alpha value is -3.52. The van der Waals surface area contributed by atoms with Crippen molar-refractivity contribution in [3.8, 4) is 22.5 Å². The topological polar surface area (TPSA) is 86.6 Å². The number of imidazole rings is 1. The number of aromatic nitrogens is 5. The van der Waals surface area contributed by atoms with Crippen LogP contribution >= 0.6 is 0 Å². The van der Waals surface area contributed by atoms with Crippen molar-refractivity contribution >= 4 is 11.5 Å². The third kappa shape index (κ3) is 3.02. The van der Waals surface area contributed by atoms with Crippen molar-refractivity contribution in [1.82, 2.24) is 24.0 Å². The van der Waals surface area contributed by atoms with E-state index in [-0.39, 0.29) is 11.9 Å². The number of nitrogens with zero attached hydrogens (tertiary/aromatic N) is 5. The molecule has 0 saturated heterocycles. The summed E-state index contributed by atoms with van der Waals surface area (Å²) in [5, 5.41) is 8.88. The van der Waals surface area contributed by atoms with Gasteiger partial charge in [0.25, 0.3) is 0 Å². The first-order chi connectivity index (χ1) is 15.2. The first-order valence-electron chi connectivity index (χ1n) is 10.5. The lowest BCUT2D eigenvalue weighted by atomic mass is 9.86. The SMILES string of the molecule is NC1CCC(c2nnc3ccc(-c4c(-c5ccc(F)cc5)nc5occn45)cn23)CC1. The van der Waals surface area contributed by atoms with Gasteiger partial charge in [-0.25, -0.2) is 4.39 Å². The highest BCUT2D eigenvalue weighted by Crippen LogP contribution is 2.35. The van der Waals surface area contributed by atoms with Crippen LogP contribution in [0.15, 0.2) is 59.5 Å². The van der Waals surface area contributed by atoms with E-state index in [4.69, 9.17) is 10.2 Å². The summed E-state index contributed by atoms with van der Waals surface area (Å²) in [6.45, 7) is 0. The monoisotopic (exact) mass is 416 g/mol. The Morgan fingerprint density at radius 1 is 0.935 bits per heavy atom. The van der Waals surface area contributed by atoms with Gasteiger partial charge in [0.2, 0.25) is 0 Å². The van der Waals surface area contributed by atoms with Gasteiger partial charge in [-0.1, -0.05) is 0 Å². The van der Waals surface area contributed by atoms with Gasteiger partial charge in [0.1, 0.15) is 23.6 Å². The highest BCUT2D eigenvalue weighted by Gasteiger charge is 2.25. The molecule has 31 heavy (non-hydrogen) atoms. The average molecular weight is 416 g/mol. The molecule has 2 N–H and O–H groups in total. The first kappa shape index (κ1) is 18.3. The van der Waals surface area contributed by atoms with Gasteiger partial charge in [-0.3, -0.25) is 8.80 Å². The third-order valence-electron chi connectivity index (χ3n) is 6.22. The number of fused-ring (bicyclic) bond motifs is 2. The molecule has 1 saturated carbocycles. The second-order valence-electron chi connectivity index (χ2n) is 8.19. The van der Waals surface area contributed by atoms with Gasteiger partial charge in [-0.2, -0.15) is 4.98 Å². The van der Waals surface area contributed by atoms with Crippen molar-refractivity contribution in [2.75, 3.05) is 0 Å². The Balaban J connectivity index is 1.51.